The molecule has 0 fully saturated rings. The van der Waals surface area contributed by atoms with Crippen LogP contribution in [0.4, 0.5) is 17.1 Å². The molecule has 0 atom stereocenters. The third kappa shape index (κ3) is 6.18. The molecule has 2 nitrogen and oxygen atoms in total. The Balaban J connectivity index is 0.944. The van der Waals surface area contributed by atoms with E-state index in [1.165, 1.54) is 88.2 Å². The maximum Gasteiger partial charge on any atom is 0.0713 e. The Bertz CT molecular complexity index is 3720. The molecule has 0 radical (unpaired) electrons. The van der Waals surface area contributed by atoms with Gasteiger partial charge < -0.3 is 9.47 Å². The van der Waals surface area contributed by atoms with Crippen LogP contribution in [0.3, 0.4) is 0 Å². The first kappa shape index (κ1) is 38.7. The van der Waals surface area contributed by atoms with Crippen molar-refractivity contribution in [3.63, 3.8) is 0 Å². The number of nitrogens with zero attached hydrogens (tertiary/aromatic N) is 2. The van der Waals surface area contributed by atoms with Gasteiger partial charge in [-0.2, -0.15) is 0 Å². The van der Waals surface area contributed by atoms with Crippen LogP contribution in [0.25, 0.3) is 71.6 Å². The molecule has 0 bridgehead atoms. The van der Waals surface area contributed by atoms with Crippen LogP contribution in [0, 0.1) is 0 Å². The molecule has 2 heteroatoms. The van der Waals surface area contributed by atoms with Gasteiger partial charge in [-0.3, -0.25) is 0 Å². The third-order valence-corrected chi connectivity index (χ3v) is 14.1. The van der Waals surface area contributed by atoms with Crippen molar-refractivity contribution in [1.82, 2.24) is 4.57 Å². The van der Waals surface area contributed by atoms with Gasteiger partial charge in [-0.1, -0.05) is 194 Å². The minimum Gasteiger partial charge on any atom is -0.311 e. The summed E-state index contributed by atoms with van der Waals surface area (Å²) in [5.41, 5.74) is 18.9. The van der Waals surface area contributed by atoms with Crippen LogP contribution in [0.2, 0.25) is 0 Å². The molecule has 1 aromatic heterocycles. The molecule has 1 aliphatic rings. The summed E-state index contributed by atoms with van der Waals surface area (Å²) in [6, 6.07) is 98.0. The van der Waals surface area contributed by atoms with E-state index in [1.807, 2.05) is 0 Å². The van der Waals surface area contributed by atoms with Gasteiger partial charge in [0.05, 0.1) is 16.4 Å². The van der Waals surface area contributed by atoms with E-state index < -0.39 is 5.41 Å². The van der Waals surface area contributed by atoms with Crippen LogP contribution in [0.5, 0.6) is 0 Å². The number of hydrogen-bond donors (Lipinski definition) is 0. The summed E-state index contributed by atoms with van der Waals surface area (Å²) in [6.07, 6.45) is 0. The maximum absolute atomic E-state index is 2.49. The largest absolute Gasteiger partial charge is 0.311 e. The van der Waals surface area contributed by atoms with Crippen LogP contribution in [0.15, 0.2) is 267 Å². The van der Waals surface area contributed by atoms with Crippen LogP contribution in [-0.2, 0) is 5.41 Å². The molecule has 11 aromatic carbocycles. The Labute approximate surface area is 390 Å². The summed E-state index contributed by atoms with van der Waals surface area (Å²) >= 11 is 0. The highest BCUT2D eigenvalue weighted by Crippen LogP contribution is 2.56. The topological polar surface area (TPSA) is 8.17 Å². The summed E-state index contributed by atoms with van der Waals surface area (Å²) in [7, 11) is 0. The SMILES string of the molecule is c1ccc(N(c2ccc(-c3ccc4c(c3)c3cc(C5(c6ccccc6)c6ccccc6-c6ccccc65)ccc3n4-c3ccccc3)cc2)c2ccc(-c3cccc4ccccc34)cc2)cc1. The van der Waals surface area contributed by atoms with Gasteiger partial charge in [0.2, 0.25) is 0 Å². The Morgan fingerprint density at radius 3 is 1.48 bits per heavy atom. The van der Waals surface area contributed by atoms with Gasteiger partial charge in [0.1, 0.15) is 0 Å². The molecule has 314 valence electrons. The van der Waals surface area contributed by atoms with E-state index in [4.69, 9.17) is 0 Å². The average Bonchev–Trinajstić information content (AvgIpc) is 3.90. The Morgan fingerprint density at radius 2 is 0.791 bits per heavy atom. The molecular formula is C65H44N2. The van der Waals surface area contributed by atoms with Crippen molar-refractivity contribution in [2.45, 2.75) is 5.41 Å². The highest BCUT2D eigenvalue weighted by Gasteiger charge is 2.46. The highest BCUT2D eigenvalue weighted by molar-refractivity contribution is 6.11. The Kier molecular flexibility index (Phi) is 9.11. The summed E-state index contributed by atoms with van der Waals surface area (Å²) in [5.74, 6) is 0. The quantitative estimate of drug-likeness (QED) is 0.148. The Morgan fingerprint density at radius 1 is 0.299 bits per heavy atom. The number of benzene rings is 11. The fraction of sp³-hybridized carbons (Fsp3) is 0.0154. The van der Waals surface area contributed by atoms with E-state index >= 15 is 0 Å². The van der Waals surface area contributed by atoms with Crippen molar-refractivity contribution < 1.29 is 0 Å². The second-order valence-corrected chi connectivity index (χ2v) is 17.6. The number of para-hydroxylation sites is 2. The molecule has 67 heavy (non-hydrogen) atoms. The molecule has 1 heterocycles. The van der Waals surface area contributed by atoms with Gasteiger partial charge in [0.15, 0.2) is 0 Å². The lowest BCUT2D eigenvalue weighted by Gasteiger charge is -2.34. The summed E-state index contributed by atoms with van der Waals surface area (Å²) in [4.78, 5) is 2.34. The molecule has 0 spiro atoms. The molecule has 0 saturated heterocycles. The molecule has 1 aliphatic carbocycles. The first-order chi connectivity index (χ1) is 33.2. The zero-order valence-corrected chi connectivity index (χ0v) is 36.8. The van der Waals surface area contributed by atoms with Gasteiger partial charge in [-0.15, -0.1) is 0 Å². The lowest BCUT2D eigenvalue weighted by molar-refractivity contribution is 0.770. The van der Waals surface area contributed by atoms with Gasteiger partial charge >= 0.3 is 0 Å². The number of aromatic nitrogens is 1. The lowest BCUT2D eigenvalue weighted by Crippen LogP contribution is -2.28. The summed E-state index contributed by atoms with van der Waals surface area (Å²) in [5, 5.41) is 4.97. The van der Waals surface area contributed by atoms with Crippen molar-refractivity contribution in [3.8, 4) is 39.1 Å². The molecule has 0 saturated carbocycles. The van der Waals surface area contributed by atoms with Crippen molar-refractivity contribution >= 4 is 49.6 Å². The van der Waals surface area contributed by atoms with Crippen molar-refractivity contribution in [2.75, 3.05) is 4.90 Å². The molecular weight excluding hydrogens is 809 g/mol. The number of hydrogen-bond acceptors (Lipinski definition) is 1. The predicted octanol–water partition coefficient (Wildman–Crippen LogP) is 17.1. The van der Waals surface area contributed by atoms with E-state index in [2.05, 4.69) is 276 Å². The van der Waals surface area contributed by atoms with Crippen molar-refractivity contribution in [1.29, 1.82) is 0 Å². The summed E-state index contributed by atoms with van der Waals surface area (Å²) in [6.45, 7) is 0. The summed E-state index contributed by atoms with van der Waals surface area (Å²) < 4.78 is 2.43. The predicted molar refractivity (Wildman–Crippen MR) is 281 cm³/mol. The first-order valence-corrected chi connectivity index (χ1v) is 23.2. The Hall–Kier alpha value is -8.72. The van der Waals surface area contributed by atoms with Crippen LogP contribution >= 0.6 is 0 Å². The molecule has 12 aromatic rings. The van der Waals surface area contributed by atoms with Crippen LogP contribution < -0.4 is 4.90 Å². The second kappa shape index (κ2) is 15.8. The monoisotopic (exact) mass is 852 g/mol. The molecule has 0 N–H and O–H groups in total. The second-order valence-electron chi connectivity index (χ2n) is 17.6. The number of fused-ring (bicyclic) bond motifs is 7. The smallest absolute Gasteiger partial charge is 0.0713 e. The van der Waals surface area contributed by atoms with Crippen LogP contribution in [0.1, 0.15) is 22.3 Å². The molecule has 0 aliphatic heterocycles. The average molecular weight is 853 g/mol. The van der Waals surface area contributed by atoms with Gasteiger partial charge in [-0.05, 0) is 139 Å². The molecule has 13 rings (SSSR count). The normalized spacial score (nSPS) is 12.6. The third-order valence-electron chi connectivity index (χ3n) is 14.1. The van der Waals surface area contributed by atoms with E-state index in [0.29, 0.717) is 0 Å². The van der Waals surface area contributed by atoms with E-state index in [1.54, 1.807) is 0 Å². The molecule has 0 unspecified atom stereocenters. The van der Waals surface area contributed by atoms with Crippen LogP contribution in [-0.4, -0.2) is 4.57 Å². The highest BCUT2D eigenvalue weighted by atomic mass is 15.1. The number of rotatable bonds is 8. The van der Waals surface area contributed by atoms with Gasteiger partial charge in [0, 0.05) is 33.5 Å². The standard InChI is InChI=1S/C65H44N2/c1-4-19-49(20-5-1)65(61-29-14-12-26-57(61)58-27-13-15-30-62(58)65)50-36-42-64-60(44-50)59-43-48(35-41-63(59)67(64)52-23-8-3-9-24-52)45-31-37-53(38-32-45)66(51-21-6-2-7-22-51)54-39-33-47(34-40-54)56-28-16-18-46-17-10-11-25-55(46)56/h1-44H. The zero-order chi connectivity index (χ0) is 44.3. The van der Waals surface area contributed by atoms with Gasteiger partial charge in [0.25, 0.3) is 0 Å². The zero-order valence-electron chi connectivity index (χ0n) is 36.8. The maximum atomic E-state index is 2.49. The van der Waals surface area contributed by atoms with E-state index in [0.717, 1.165) is 22.7 Å². The first-order valence-electron chi connectivity index (χ1n) is 23.2. The van der Waals surface area contributed by atoms with E-state index in [-0.39, 0.29) is 0 Å². The minimum atomic E-state index is -0.488. The minimum absolute atomic E-state index is 0.488. The fourth-order valence-electron chi connectivity index (χ4n) is 11.1. The van der Waals surface area contributed by atoms with E-state index in [9.17, 15) is 0 Å². The number of anilines is 3. The van der Waals surface area contributed by atoms with Gasteiger partial charge in [-0.25, -0.2) is 0 Å². The van der Waals surface area contributed by atoms with Crippen molar-refractivity contribution in [3.05, 3.63) is 289 Å². The van der Waals surface area contributed by atoms with Crippen molar-refractivity contribution in [2.24, 2.45) is 0 Å². The fourth-order valence-corrected chi connectivity index (χ4v) is 11.1. The lowest BCUT2D eigenvalue weighted by atomic mass is 9.67. The molecule has 0 amide bonds.